The van der Waals surface area contributed by atoms with E-state index in [9.17, 15) is 4.79 Å². The quantitative estimate of drug-likeness (QED) is 0.915. The van der Waals surface area contributed by atoms with Gasteiger partial charge in [-0.05, 0) is 37.2 Å². The lowest BCUT2D eigenvalue weighted by atomic mass is 10.1. The van der Waals surface area contributed by atoms with Crippen molar-refractivity contribution in [1.29, 1.82) is 0 Å². The van der Waals surface area contributed by atoms with Crippen LogP contribution < -0.4 is 5.32 Å². The van der Waals surface area contributed by atoms with Gasteiger partial charge in [0.2, 0.25) is 5.91 Å². The Labute approximate surface area is 137 Å². The Kier molecular flexibility index (Phi) is 7.46. The van der Waals surface area contributed by atoms with Crippen molar-refractivity contribution in [3.8, 4) is 0 Å². The minimum absolute atomic E-state index is 0. The molecule has 0 saturated carbocycles. The average molecular weight is 332 g/mol. The fourth-order valence-electron chi connectivity index (χ4n) is 2.43. The van der Waals surface area contributed by atoms with Crippen molar-refractivity contribution in [2.45, 2.75) is 13.5 Å². The number of piperazine rings is 1. The van der Waals surface area contributed by atoms with Crippen LogP contribution in [0.2, 0.25) is 5.02 Å². The summed E-state index contributed by atoms with van der Waals surface area (Å²) >= 11 is 5.96. The molecule has 1 amide bonds. The summed E-state index contributed by atoms with van der Waals surface area (Å²) in [4.78, 5) is 16.2. The van der Waals surface area contributed by atoms with Crippen molar-refractivity contribution in [2.75, 3.05) is 39.8 Å². The normalized spacial score (nSPS) is 15.0. The second-order valence-corrected chi connectivity index (χ2v) is 5.81. The first-order valence-corrected chi connectivity index (χ1v) is 7.36. The number of hydrogen-bond donors (Lipinski definition) is 1. The highest BCUT2D eigenvalue weighted by Crippen LogP contribution is 2.16. The van der Waals surface area contributed by atoms with E-state index in [4.69, 9.17) is 11.6 Å². The smallest absolute Gasteiger partial charge is 0.236 e. The molecular formula is C15H23Cl2N3O. The largest absolute Gasteiger partial charge is 0.339 e. The summed E-state index contributed by atoms with van der Waals surface area (Å²) in [5.41, 5.74) is 2.38. The van der Waals surface area contributed by atoms with Gasteiger partial charge in [0.1, 0.15) is 0 Å². The minimum Gasteiger partial charge on any atom is -0.339 e. The van der Waals surface area contributed by atoms with Crippen LogP contribution in [0.3, 0.4) is 0 Å². The van der Waals surface area contributed by atoms with Gasteiger partial charge < -0.3 is 10.2 Å². The average Bonchev–Trinajstić information content (AvgIpc) is 2.43. The maximum absolute atomic E-state index is 12.2. The van der Waals surface area contributed by atoms with Crippen LogP contribution in [0, 0.1) is 6.92 Å². The zero-order valence-electron chi connectivity index (χ0n) is 12.6. The third-order valence-corrected chi connectivity index (χ3v) is 3.85. The number of rotatable bonds is 4. The van der Waals surface area contributed by atoms with E-state index in [2.05, 4.69) is 10.2 Å². The number of aryl methyl sites for hydroxylation is 1. The molecule has 6 heteroatoms. The molecule has 1 saturated heterocycles. The van der Waals surface area contributed by atoms with Crippen LogP contribution >= 0.6 is 24.0 Å². The number of hydrogen-bond acceptors (Lipinski definition) is 3. The van der Waals surface area contributed by atoms with E-state index >= 15 is 0 Å². The molecule has 1 N–H and O–H groups in total. The highest BCUT2D eigenvalue weighted by molar-refractivity contribution is 6.30. The molecular weight excluding hydrogens is 309 g/mol. The van der Waals surface area contributed by atoms with Crippen molar-refractivity contribution in [1.82, 2.24) is 15.1 Å². The number of carbonyl (C=O) groups excluding carboxylic acids is 1. The third kappa shape index (κ3) is 5.47. The lowest BCUT2D eigenvalue weighted by molar-refractivity contribution is -0.132. The molecule has 0 aliphatic carbocycles. The molecule has 0 aromatic heterocycles. The standard InChI is InChI=1S/C15H22ClN3O.ClH/c1-12-9-14(16)4-3-13(12)10-18(2)11-15(20)19-7-5-17-6-8-19;/h3-4,9,17H,5-8,10-11H2,1-2H3;1H. The van der Waals surface area contributed by atoms with E-state index in [1.807, 2.05) is 37.1 Å². The Morgan fingerprint density at radius 1 is 1.38 bits per heavy atom. The molecule has 1 aromatic rings. The number of likely N-dealkylation sites (N-methyl/N-ethyl adjacent to an activating group) is 1. The molecule has 118 valence electrons. The first-order chi connectivity index (χ1) is 9.56. The second-order valence-electron chi connectivity index (χ2n) is 5.37. The van der Waals surface area contributed by atoms with Gasteiger partial charge in [-0.25, -0.2) is 0 Å². The van der Waals surface area contributed by atoms with Crippen molar-refractivity contribution in [3.05, 3.63) is 34.3 Å². The maximum Gasteiger partial charge on any atom is 0.236 e. The number of nitrogens with zero attached hydrogens (tertiary/aromatic N) is 2. The van der Waals surface area contributed by atoms with Gasteiger partial charge in [0.25, 0.3) is 0 Å². The van der Waals surface area contributed by atoms with Crippen LogP contribution in [0.15, 0.2) is 18.2 Å². The molecule has 0 unspecified atom stereocenters. The topological polar surface area (TPSA) is 35.6 Å². The molecule has 1 fully saturated rings. The minimum atomic E-state index is 0. The van der Waals surface area contributed by atoms with Gasteiger partial charge in [-0.3, -0.25) is 9.69 Å². The van der Waals surface area contributed by atoms with E-state index in [0.717, 1.165) is 37.7 Å². The Hall–Kier alpha value is -0.810. The first-order valence-electron chi connectivity index (χ1n) is 6.98. The van der Waals surface area contributed by atoms with E-state index in [1.54, 1.807) is 0 Å². The number of amides is 1. The van der Waals surface area contributed by atoms with Crippen LogP contribution in [-0.4, -0.2) is 55.5 Å². The third-order valence-electron chi connectivity index (χ3n) is 3.62. The van der Waals surface area contributed by atoms with Crippen molar-refractivity contribution >= 4 is 29.9 Å². The highest BCUT2D eigenvalue weighted by atomic mass is 35.5. The van der Waals surface area contributed by atoms with Gasteiger partial charge in [-0.15, -0.1) is 12.4 Å². The first kappa shape index (κ1) is 18.2. The van der Waals surface area contributed by atoms with E-state index < -0.39 is 0 Å². The van der Waals surface area contributed by atoms with Crippen LogP contribution in [0.1, 0.15) is 11.1 Å². The molecule has 21 heavy (non-hydrogen) atoms. The Balaban J connectivity index is 0.00000220. The molecule has 1 aliphatic rings. The predicted octanol–water partition coefficient (Wildman–Crippen LogP) is 1.93. The fourth-order valence-corrected chi connectivity index (χ4v) is 2.66. The van der Waals surface area contributed by atoms with Crippen LogP contribution in [0.25, 0.3) is 0 Å². The van der Waals surface area contributed by atoms with Gasteiger partial charge in [0.15, 0.2) is 0 Å². The van der Waals surface area contributed by atoms with Crippen molar-refractivity contribution in [2.24, 2.45) is 0 Å². The monoisotopic (exact) mass is 331 g/mol. The summed E-state index contributed by atoms with van der Waals surface area (Å²) in [5.74, 6) is 0.209. The molecule has 1 heterocycles. The summed E-state index contributed by atoms with van der Waals surface area (Å²) in [6, 6.07) is 5.89. The summed E-state index contributed by atoms with van der Waals surface area (Å²) in [6.45, 7) is 6.69. The van der Waals surface area contributed by atoms with Crippen LogP contribution in [0.4, 0.5) is 0 Å². The SMILES string of the molecule is Cc1cc(Cl)ccc1CN(C)CC(=O)N1CCNCC1.Cl. The fraction of sp³-hybridized carbons (Fsp3) is 0.533. The molecule has 0 spiro atoms. The Morgan fingerprint density at radius 3 is 2.67 bits per heavy atom. The molecule has 1 aromatic carbocycles. The summed E-state index contributed by atoms with van der Waals surface area (Å²) in [6.07, 6.45) is 0. The van der Waals surface area contributed by atoms with Gasteiger partial charge in [0, 0.05) is 37.7 Å². The van der Waals surface area contributed by atoms with Gasteiger partial charge in [0.05, 0.1) is 6.54 Å². The molecule has 2 rings (SSSR count). The van der Waals surface area contributed by atoms with E-state index in [-0.39, 0.29) is 18.3 Å². The predicted molar refractivity (Wildman–Crippen MR) is 89.2 cm³/mol. The summed E-state index contributed by atoms with van der Waals surface area (Å²) < 4.78 is 0. The Bertz CT molecular complexity index is 476. The number of nitrogens with one attached hydrogen (secondary N) is 1. The Morgan fingerprint density at radius 2 is 2.05 bits per heavy atom. The van der Waals surface area contributed by atoms with Crippen LogP contribution in [0.5, 0.6) is 0 Å². The molecule has 0 bridgehead atoms. The zero-order chi connectivity index (χ0) is 14.5. The van der Waals surface area contributed by atoms with Gasteiger partial charge in [-0.2, -0.15) is 0 Å². The van der Waals surface area contributed by atoms with E-state index in [1.165, 1.54) is 11.1 Å². The molecule has 0 atom stereocenters. The van der Waals surface area contributed by atoms with E-state index in [0.29, 0.717) is 6.54 Å². The molecule has 1 aliphatic heterocycles. The van der Waals surface area contributed by atoms with Crippen molar-refractivity contribution < 1.29 is 4.79 Å². The number of benzene rings is 1. The van der Waals surface area contributed by atoms with Crippen LogP contribution in [-0.2, 0) is 11.3 Å². The zero-order valence-corrected chi connectivity index (χ0v) is 14.1. The van der Waals surface area contributed by atoms with Gasteiger partial charge in [-0.1, -0.05) is 17.7 Å². The van der Waals surface area contributed by atoms with Crippen molar-refractivity contribution in [3.63, 3.8) is 0 Å². The van der Waals surface area contributed by atoms with Gasteiger partial charge >= 0.3 is 0 Å². The maximum atomic E-state index is 12.2. The number of carbonyl (C=O) groups is 1. The molecule has 4 nitrogen and oxygen atoms in total. The lowest BCUT2D eigenvalue weighted by Crippen LogP contribution is -2.49. The summed E-state index contributed by atoms with van der Waals surface area (Å²) in [7, 11) is 1.98. The summed E-state index contributed by atoms with van der Waals surface area (Å²) in [5, 5.41) is 4.01. The lowest BCUT2D eigenvalue weighted by Gasteiger charge is -2.29. The second kappa shape index (κ2) is 8.59. The molecule has 0 radical (unpaired) electrons. The highest BCUT2D eigenvalue weighted by Gasteiger charge is 2.17. The number of halogens is 2.